The zero-order valence-electron chi connectivity index (χ0n) is 7.66. The molecule has 0 saturated carbocycles. The van der Waals surface area contributed by atoms with E-state index < -0.39 is 0 Å². The van der Waals surface area contributed by atoms with Crippen molar-refractivity contribution in [2.45, 2.75) is 13.3 Å². The van der Waals surface area contributed by atoms with Gasteiger partial charge < -0.3 is 5.73 Å². The number of rotatable bonds is 3. The first kappa shape index (κ1) is 9.52. The normalized spacial score (nSPS) is 10.5. The van der Waals surface area contributed by atoms with Crippen molar-refractivity contribution in [3.05, 3.63) is 42.0 Å². The Labute approximate surface area is 78.1 Å². The van der Waals surface area contributed by atoms with Gasteiger partial charge in [-0.25, -0.2) is 0 Å². The average Bonchev–Trinajstić information content (AvgIpc) is 2.08. The number of para-hydroxylation sites is 1. The van der Waals surface area contributed by atoms with Crippen molar-refractivity contribution in [3.63, 3.8) is 0 Å². The number of carbonyl (C=O) groups excluding carboxylic acids is 1. The molecule has 0 aliphatic carbocycles. The van der Waals surface area contributed by atoms with Crippen LogP contribution in [0.4, 0.5) is 5.69 Å². The van der Waals surface area contributed by atoms with Crippen molar-refractivity contribution in [2.75, 3.05) is 5.73 Å². The summed E-state index contributed by atoms with van der Waals surface area (Å²) < 4.78 is 0. The highest BCUT2D eigenvalue weighted by Gasteiger charge is 1.93. The van der Waals surface area contributed by atoms with E-state index in [-0.39, 0.29) is 5.78 Å². The number of nitrogen functional groups attached to an aromatic ring is 1. The molecule has 2 N–H and O–H groups in total. The molecule has 2 heteroatoms. The summed E-state index contributed by atoms with van der Waals surface area (Å²) in [7, 11) is 0. The molecule has 0 aliphatic heterocycles. The second-order valence-corrected chi connectivity index (χ2v) is 2.92. The Hall–Kier alpha value is -1.57. The van der Waals surface area contributed by atoms with Gasteiger partial charge >= 0.3 is 0 Å². The molecule has 0 radical (unpaired) electrons. The van der Waals surface area contributed by atoms with Crippen LogP contribution in [0.1, 0.15) is 12.5 Å². The minimum atomic E-state index is 0.0644. The molecule has 1 rings (SSSR count). The molecule has 0 unspecified atom stereocenters. The van der Waals surface area contributed by atoms with E-state index in [9.17, 15) is 4.79 Å². The van der Waals surface area contributed by atoms with Gasteiger partial charge in [-0.05, 0) is 31.1 Å². The lowest BCUT2D eigenvalue weighted by Crippen LogP contribution is -1.92. The highest BCUT2D eigenvalue weighted by molar-refractivity contribution is 5.87. The molecule has 0 atom stereocenters. The molecule has 13 heavy (non-hydrogen) atoms. The Morgan fingerprint density at radius 2 is 2.15 bits per heavy atom. The lowest BCUT2D eigenvalue weighted by molar-refractivity contribution is -0.112. The first-order valence-electron chi connectivity index (χ1n) is 4.20. The minimum absolute atomic E-state index is 0.0644. The van der Waals surface area contributed by atoms with Gasteiger partial charge in [0, 0.05) is 5.69 Å². The number of anilines is 1. The number of benzene rings is 1. The standard InChI is InChI=1S/C11H13NO/c1-9(13)5-4-7-10-6-2-3-8-11(10)12/h2-6,8H,7,12H2,1H3/b5-4+. The van der Waals surface area contributed by atoms with E-state index in [1.165, 1.54) is 6.92 Å². The molecule has 0 aliphatic rings. The molecule has 0 heterocycles. The molecule has 1 aromatic rings. The van der Waals surface area contributed by atoms with Gasteiger partial charge in [-0.2, -0.15) is 0 Å². The summed E-state index contributed by atoms with van der Waals surface area (Å²) in [4.78, 5) is 10.6. The van der Waals surface area contributed by atoms with Gasteiger partial charge in [-0.15, -0.1) is 0 Å². The van der Waals surface area contributed by atoms with Gasteiger partial charge in [0.25, 0.3) is 0 Å². The highest BCUT2D eigenvalue weighted by atomic mass is 16.1. The fourth-order valence-corrected chi connectivity index (χ4v) is 1.07. The van der Waals surface area contributed by atoms with Gasteiger partial charge in [-0.1, -0.05) is 24.3 Å². The lowest BCUT2D eigenvalue weighted by atomic mass is 10.1. The maximum atomic E-state index is 10.6. The molecule has 0 bridgehead atoms. The van der Waals surface area contributed by atoms with Gasteiger partial charge in [0.2, 0.25) is 0 Å². The summed E-state index contributed by atoms with van der Waals surface area (Å²) in [6.45, 7) is 1.53. The first-order valence-corrected chi connectivity index (χ1v) is 4.20. The van der Waals surface area contributed by atoms with E-state index in [2.05, 4.69) is 0 Å². The first-order chi connectivity index (χ1) is 6.20. The number of ketones is 1. The van der Waals surface area contributed by atoms with Crippen LogP contribution in [0.2, 0.25) is 0 Å². The van der Waals surface area contributed by atoms with Crippen LogP contribution in [0.5, 0.6) is 0 Å². The summed E-state index contributed by atoms with van der Waals surface area (Å²) in [6.07, 6.45) is 4.10. The average molecular weight is 175 g/mol. The monoisotopic (exact) mass is 175 g/mol. The van der Waals surface area contributed by atoms with Crippen molar-refractivity contribution in [3.8, 4) is 0 Å². The van der Waals surface area contributed by atoms with Gasteiger partial charge in [0.15, 0.2) is 5.78 Å². The second kappa shape index (κ2) is 4.45. The Bertz CT molecular complexity index is 329. The quantitative estimate of drug-likeness (QED) is 0.563. The molecular formula is C11H13NO. The second-order valence-electron chi connectivity index (χ2n) is 2.92. The summed E-state index contributed by atoms with van der Waals surface area (Å²) in [5, 5.41) is 0. The Balaban J connectivity index is 2.64. The van der Waals surface area contributed by atoms with Crippen LogP contribution in [-0.4, -0.2) is 5.78 Å². The highest BCUT2D eigenvalue weighted by Crippen LogP contribution is 2.11. The van der Waals surface area contributed by atoms with E-state index in [1.54, 1.807) is 6.08 Å². The smallest absolute Gasteiger partial charge is 0.152 e. The Morgan fingerprint density at radius 3 is 2.77 bits per heavy atom. The molecule has 68 valence electrons. The van der Waals surface area contributed by atoms with E-state index in [4.69, 9.17) is 5.73 Å². The number of allylic oxidation sites excluding steroid dienone is 2. The number of nitrogens with two attached hydrogens (primary N) is 1. The van der Waals surface area contributed by atoms with Gasteiger partial charge in [-0.3, -0.25) is 4.79 Å². The van der Waals surface area contributed by atoms with Gasteiger partial charge in [0.05, 0.1) is 0 Å². The fourth-order valence-electron chi connectivity index (χ4n) is 1.07. The number of hydrogen-bond donors (Lipinski definition) is 1. The van der Waals surface area contributed by atoms with Crippen molar-refractivity contribution in [2.24, 2.45) is 0 Å². The summed E-state index contributed by atoms with van der Waals surface area (Å²) in [6, 6.07) is 7.65. The van der Waals surface area contributed by atoms with E-state index in [0.717, 1.165) is 11.3 Å². The minimum Gasteiger partial charge on any atom is -0.398 e. The summed E-state index contributed by atoms with van der Waals surface area (Å²) in [5.74, 6) is 0.0644. The fraction of sp³-hybridized carbons (Fsp3) is 0.182. The van der Waals surface area contributed by atoms with Crippen molar-refractivity contribution >= 4 is 11.5 Å². The molecule has 0 amide bonds. The number of carbonyl (C=O) groups is 1. The Kier molecular flexibility index (Phi) is 3.26. The SMILES string of the molecule is CC(=O)/C=C/Cc1ccccc1N. The molecule has 1 aromatic carbocycles. The zero-order chi connectivity index (χ0) is 9.68. The third-order valence-corrected chi connectivity index (χ3v) is 1.75. The van der Waals surface area contributed by atoms with Crippen LogP contribution in [0.15, 0.2) is 36.4 Å². The topological polar surface area (TPSA) is 43.1 Å². The molecular weight excluding hydrogens is 162 g/mol. The van der Waals surface area contributed by atoms with E-state index in [0.29, 0.717) is 6.42 Å². The van der Waals surface area contributed by atoms with Crippen LogP contribution >= 0.6 is 0 Å². The third-order valence-electron chi connectivity index (χ3n) is 1.75. The van der Waals surface area contributed by atoms with Crippen LogP contribution in [0, 0.1) is 0 Å². The zero-order valence-corrected chi connectivity index (χ0v) is 7.66. The Morgan fingerprint density at radius 1 is 1.46 bits per heavy atom. The molecule has 0 spiro atoms. The third kappa shape index (κ3) is 3.11. The van der Waals surface area contributed by atoms with Crippen LogP contribution in [0.3, 0.4) is 0 Å². The van der Waals surface area contributed by atoms with E-state index in [1.807, 2.05) is 30.3 Å². The van der Waals surface area contributed by atoms with Crippen LogP contribution < -0.4 is 5.73 Å². The van der Waals surface area contributed by atoms with Gasteiger partial charge in [0.1, 0.15) is 0 Å². The predicted molar refractivity (Wildman–Crippen MR) is 54.4 cm³/mol. The maximum absolute atomic E-state index is 10.6. The van der Waals surface area contributed by atoms with Crippen molar-refractivity contribution < 1.29 is 4.79 Å². The van der Waals surface area contributed by atoms with Crippen LogP contribution in [-0.2, 0) is 11.2 Å². The summed E-state index contributed by atoms with van der Waals surface area (Å²) in [5.41, 5.74) is 7.55. The number of hydrogen-bond acceptors (Lipinski definition) is 2. The molecule has 2 nitrogen and oxygen atoms in total. The molecule has 0 aromatic heterocycles. The largest absolute Gasteiger partial charge is 0.398 e. The van der Waals surface area contributed by atoms with Crippen molar-refractivity contribution in [1.82, 2.24) is 0 Å². The maximum Gasteiger partial charge on any atom is 0.152 e. The van der Waals surface area contributed by atoms with Crippen molar-refractivity contribution in [1.29, 1.82) is 0 Å². The molecule has 0 saturated heterocycles. The predicted octanol–water partition coefficient (Wildman–Crippen LogP) is 1.96. The lowest BCUT2D eigenvalue weighted by Gasteiger charge is -2.00. The van der Waals surface area contributed by atoms with E-state index >= 15 is 0 Å². The molecule has 0 fully saturated rings. The summed E-state index contributed by atoms with van der Waals surface area (Å²) >= 11 is 0. The van der Waals surface area contributed by atoms with Crippen LogP contribution in [0.25, 0.3) is 0 Å².